The number of nitrogens with zero attached hydrogens (tertiary/aromatic N) is 3. The fourth-order valence-corrected chi connectivity index (χ4v) is 5.26. The van der Waals surface area contributed by atoms with Crippen molar-refractivity contribution in [3.05, 3.63) is 60.2 Å². The molecule has 144 valence electrons. The molecule has 1 aliphatic rings. The van der Waals surface area contributed by atoms with E-state index in [2.05, 4.69) is 15.5 Å². The minimum absolute atomic E-state index is 0.202. The van der Waals surface area contributed by atoms with Crippen LogP contribution < -0.4 is 5.32 Å². The summed E-state index contributed by atoms with van der Waals surface area (Å²) in [4.78, 5) is 12.6. The summed E-state index contributed by atoms with van der Waals surface area (Å²) >= 11 is 1.28. The smallest absolute Gasteiger partial charge is 0.257 e. The van der Waals surface area contributed by atoms with Gasteiger partial charge in [0.05, 0.1) is 4.90 Å². The lowest BCUT2D eigenvalue weighted by Gasteiger charge is -2.15. The summed E-state index contributed by atoms with van der Waals surface area (Å²) in [6.45, 7) is 1.09. The van der Waals surface area contributed by atoms with Crippen molar-refractivity contribution >= 4 is 32.4 Å². The van der Waals surface area contributed by atoms with Crippen molar-refractivity contribution in [1.82, 2.24) is 14.5 Å². The fourth-order valence-electron chi connectivity index (χ4n) is 3.00. The lowest BCUT2D eigenvalue weighted by molar-refractivity contribution is 0.102. The number of anilines is 1. The predicted octanol–water partition coefficient (Wildman–Crippen LogP) is 3.24. The topological polar surface area (TPSA) is 92.3 Å². The Morgan fingerprint density at radius 3 is 2.32 bits per heavy atom. The lowest BCUT2D eigenvalue weighted by atomic mass is 10.2. The molecule has 7 nitrogen and oxygen atoms in total. The zero-order chi connectivity index (χ0) is 19.6. The molecule has 1 aliphatic heterocycles. The van der Waals surface area contributed by atoms with E-state index < -0.39 is 10.0 Å². The molecular weight excluding hydrogens is 396 g/mol. The maximum absolute atomic E-state index is 12.6. The number of rotatable bonds is 5. The highest BCUT2D eigenvalue weighted by atomic mass is 32.2. The van der Waals surface area contributed by atoms with Gasteiger partial charge in [-0.2, -0.15) is 4.31 Å². The van der Waals surface area contributed by atoms with Gasteiger partial charge in [0.15, 0.2) is 0 Å². The van der Waals surface area contributed by atoms with Crippen LogP contribution in [0.25, 0.3) is 10.6 Å². The molecule has 0 unspecified atom stereocenters. The number of sulfonamides is 1. The first-order valence-electron chi connectivity index (χ1n) is 8.84. The van der Waals surface area contributed by atoms with E-state index in [0.29, 0.717) is 28.8 Å². The third-order valence-corrected chi connectivity index (χ3v) is 7.29. The Kier molecular flexibility index (Phi) is 5.21. The molecule has 1 N–H and O–H groups in total. The highest BCUT2D eigenvalue weighted by molar-refractivity contribution is 7.89. The summed E-state index contributed by atoms with van der Waals surface area (Å²) in [6, 6.07) is 15.5. The standard InChI is InChI=1S/C19H18N4O3S2/c24-17(20-19-22-21-18(27-19)15-6-2-1-3-7-15)14-8-10-16(11-9-14)28(25,26)23-12-4-5-13-23/h1-3,6-11H,4-5,12-13H2,(H,20,22,24). The van der Waals surface area contributed by atoms with Crippen LogP contribution in [0.4, 0.5) is 5.13 Å². The Morgan fingerprint density at radius 1 is 0.964 bits per heavy atom. The molecule has 0 saturated carbocycles. The van der Waals surface area contributed by atoms with Gasteiger partial charge in [-0.05, 0) is 37.1 Å². The average Bonchev–Trinajstić information content (AvgIpc) is 3.41. The van der Waals surface area contributed by atoms with Crippen molar-refractivity contribution in [3.8, 4) is 10.6 Å². The maximum atomic E-state index is 12.6. The van der Waals surface area contributed by atoms with Crippen LogP contribution in [0, 0.1) is 0 Å². The molecule has 0 bridgehead atoms. The Balaban J connectivity index is 1.46. The third-order valence-electron chi connectivity index (χ3n) is 4.49. The van der Waals surface area contributed by atoms with Gasteiger partial charge in [0.25, 0.3) is 5.91 Å². The number of carbonyl (C=O) groups excluding carboxylic acids is 1. The van der Waals surface area contributed by atoms with Gasteiger partial charge in [0, 0.05) is 24.2 Å². The molecule has 0 aliphatic carbocycles. The van der Waals surface area contributed by atoms with Crippen LogP contribution in [0.1, 0.15) is 23.2 Å². The van der Waals surface area contributed by atoms with E-state index in [-0.39, 0.29) is 10.8 Å². The molecule has 1 saturated heterocycles. The summed E-state index contributed by atoms with van der Waals surface area (Å²) in [5.41, 5.74) is 1.29. The highest BCUT2D eigenvalue weighted by Crippen LogP contribution is 2.26. The van der Waals surface area contributed by atoms with E-state index in [9.17, 15) is 13.2 Å². The molecule has 4 rings (SSSR count). The Hall–Kier alpha value is -2.62. The number of aromatic nitrogens is 2. The lowest BCUT2D eigenvalue weighted by Crippen LogP contribution is -2.27. The van der Waals surface area contributed by atoms with Crippen molar-refractivity contribution in [3.63, 3.8) is 0 Å². The van der Waals surface area contributed by atoms with Crippen LogP contribution in [-0.4, -0.2) is 41.9 Å². The fraction of sp³-hybridized carbons (Fsp3) is 0.211. The molecular formula is C19H18N4O3S2. The number of amides is 1. The molecule has 28 heavy (non-hydrogen) atoms. The van der Waals surface area contributed by atoms with Gasteiger partial charge in [-0.1, -0.05) is 41.7 Å². The summed E-state index contributed by atoms with van der Waals surface area (Å²) in [5, 5.41) is 11.9. The molecule has 2 aromatic carbocycles. The molecule has 1 aromatic heterocycles. The number of carbonyl (C=O) groups is 1. The van der Waals surface area contributed by atoms with Crippen molar-refractivity contribution in [2.24, 2.45) is 0 Å². The van der Waals surface area contributed by atoms with Crippen molar-refractivity contribution in [2.45, 2.75) is 17.7 Å². The van der Waals surface area contributed by atoms with Crippen LogP contribution in [-0.2, 0) is 10.0 Å². The maximum Gasteiger partial charge on any atom is 0.257 e. The molecule has 2 heterocycles. The zero-order valence-corrected chi connectivity index (χ0v) is 16.5. The second-order valence-electron chi connectivity index (χ2n) is 6.37. The summed E-state index contributed by atoms with van der Waals surface area (Å²) < 4.78 is 26.6. The van der Waals surface area contributed by atoms with Crippen molar-refractivity contribution in [1.29, 1.82) is 0 Å². The minimum atomic E-state index is -3.49. The summed E-state index contributed by atoms with van der Waals surface area (Å²) in [7, 11) is -3.49. The first-order chi connectivity index (χ1) is 13.5. The first kappa shape index (κ1) is 18.7. The molecule has 0 radical (unpaired) electrons. The van der Waals surface area contributed by atoms with Crippen LogP contribution >= 0.6 is 11.3 Å². The van der Waals surface area contributed by atoms with Crippen LogP contribution in [0.15, 0.2) is 59.5 Å². The SMILES string of the molecule is O=C(Nc1nnc(-c2ccccc2)s1)c1ccc(S(=O)(=O)N2CCCC2)cc1. The number of hydrogen-bond acceptors (Lipinski definition) is 6. The normalized spacial score (nSPS) is 14.9. The molecule has 0 spiro atoms. The van der Waals surface area contributed by atoms with Crippen LogP contribution in [0.3, 0.4) is 0 Å². The van der Waals surface area contributed by atoms with E-state index in [1.54, 1.807) is 0 Å². The zero-order valence-electron chi connectivity index (χ0n) is 14.9. The van der Waals surface area contributed by atoms with Gasteiger partial charge >= 0.3 is 0 Å². The highest BCUT2D eigenvalue weighted by Gasteiger charge is 2.27. The second-order valence-corrected chi connectivity index (χ2v) is 9.28. The van der Waals surface area contributed by atoms with E-state index in [0.717, 1.165) is 18.4 Å². The molecule has 3 aromatic rings. The summed E-state index contributed by atoms with van der Waals surface area (Å²) in [5.74, 6) is -0.360. The van der Waals surface area contributed by atoms with E-state index in [4.69, 9.17) is 0 Å². The third kappa shape index (κ3) is 3.82. The minimum Gasteiger partial charge on any atom is -0.296 e. The second kappa shape index (κ2) is 7.78. The van der Waals surface area contributed by atoms with Crippen LogP contribution in [0.5, 0.6) is 0 Å². The largest absolute Gasteiger partial charge is 0.296 e. The van der Waals surface area contributed by atoms with Gasteiger partial charge in [-0.25, -0.2) is 8.42 Å². The van der Waals surface area contributed by atoms with Gasteiger partial charge < -0.3 is 0 Å². The summed E-state index contributed by atoms with van der Waals surface area (Å²) in [6.07, 6.45) is 1.76. The Labute approximate surface area is 167 Å². The predicted molar refractivity (Wildman–Crippen MR) is 108 cm³/mol. The Morgan fingerprint density at radius 2 is 1.64 bits per heavy atom. The number of hydrogen-bond donors (Lipinski definition) is 1. The number of benzene rings is 2. The average molecular weight is 415 g/mol. The van der Waals surface area contributed by atoms with Crippen molar-refractivity contribution < 1.29 is 13.2 Å². The molecule has 1 amide bonds. The quantitative estimate of drug-likeness (QED) is 0.692. The molecule has 1 fully saturated rings. The van der Waals surface area contributed by atoms with Crippen LogP contribution in [0.2, 0.25) is 0 Å². The van der Waals surface area contributed by atoms with Gasteiger partial charge in [0.1, 0.15) is 5.01 Å². The Bertz CT molecular complexity index is 1070. The van der Waals surface area contributed by atoms with E-state index >= 15 is 0 Å². The van der Waals surface area contributed by atoms with Crippen molar-refractivity contribution in [2.75, 3.05) is 18.4 Å². The first-order valence-corrected chi connectivity index (χ1v) is 11.1. The van der Waals surface area contributed by atoms with Gasteiger partial charge in [-0.3, -0.25) is 10.1 Å². The van der Waals surface area contributed by atoms with Gasteiger partial charge in [0.2, 0.25) is 15.2 Å². The van der Waals surface area contributed by atoms with E-state index in [1.807, 2.05) is 30.3 Å². The van der Waals surface area contributed by atoms with Gasteiger partial charge in [-0.15, -0.1) is 10.2 Å². The number of nitrogens with one attached hydrogen (secondary N) is 1. The molecule has 0 atom stereocenters. The molecule has 9 heteroatoms. The monoisotopic (exact) mass is 414 g/mol. The van der Waals surface area contributed by atoms with E-state index in [1.165, 1.54) is 39.9 Å².